The fourth-order valence-electron chi connectivity index (χ4n) is 3.87. The maximum absolute atomic E-state index is 11.7. The lowest BCUT2D eigenvalue weighted by Gasteiger charge is -2.45. The Morgan fingerprint density at radius 3 is 3.05 bits per heavy atom. The minimum Gasteiger partial charge on any atom is -0.374 e. The summed E-state index contributed by atoms with van der Waals surface area (Å²) >= 11 is 0. The molecule has 3 atom stereocenters. The molecule has 2 fully saturated rings. The minimum atomic E-state index is -0.527. The van der Waals surface area contributed by atoms with Crippen LogP contribution < -0.4 is 16.0 Å². The van der Waals surface area contributed by atoms with E-state index in [1.54, 1.807) is 0 Å². The second-order valence-electron chi connectivity index (χ2n) is 6.19. The van der Waals surface area contributed by atoms with Gasteiger partial charge in [-0.25, -0.2) is 0 Å². The molecule has 112 valence electrons. The van der Waals surface area contributed by atoms with E-state index in [-0.39, 0.29) is 5.91 Å². The summed E-state index contributed by atoms with van der Waals surface area (Å²) < 4.78 is 5.93. The highest BCUT2D eigenvalue weighted by Crippen LogP contribution is 2.36. The third-order valence-electron chi connectivity index (χ3n) is 4.98. The molecule has 4 rings (SSSR count). The van der Waals surface area contributed by atoms with E-state index in [9.17, 15) is 4.79 Å². The molecule has 2 aliphatic heterocycles. The number of anilines is 2. The summed E-state index contributed by atoms with van der Waals surface area (Å²) in [7, 11) is 0. The van der Waals surface area contributed by atoms with Crippen LogP contribution in [0.2, 0.25) is 0 Å². The first kappa shape index (κ1) is 13.1. The van der Waals surface area contributed by atoms with Gasteiger partial charge < -0.3 is 20.7 Å². The number of carbonyl (C=O) groups is 1. The average Bonchev–Trinajstić information content (AvgIpc) is 2.81. The van der Waals surface area contributed by atoms with Crippen LogP contribution in [0.4, 0.5) is 11.4 Å². The molecule has 3 N–H and O–H groups in total. The maximum Gasteiger partial charge on any atom is 0.245 e. The summed E-state index contributed by atoms with van der Waals surface area (Å²) in [5.74, 6) is -0.111. The van der Waals surface area contributed by atoms with E-state index in [1.807, 2.05) is 6.07 Å². The Morgan fingerprint density at radius 1 is 1.29 bits per heavy atom. The highest BCUT2D eigenvalue weighted by molar-refractivity contribution is 6.03. The van der Waals surface area contributed by atoms with Gasteiger partial charge in [0.1, 0.15) is 6.04 Å². The lowest BCUT2D eigenvalue weighted by molar-refractivity contribution is -0.116. The maximum atomic E-state index is 11.7. The van der Waals surface area contributed by atoms with Crippen LogP contribution in [0.3, 0.4) is 0 Å². The van der Waals surface area contributed by atoms with Gasteiger partial charge in [-0.3, -0.25) is 4.79 Å². The zero-order valence-corrected chi connectivity index (χ0v) is 12.0. The van der Waals surface area contributed by atoms with Crippen LogP contribution in [0.1, 0.15) is 37.3 Å². The minimum absolute atomic E-state index is 0.111. The number of carbonyl (C=O) groups excluding carboxylic acids is 1. The molecule has 0 radical (unpaired) electrons. The molecule has 0 aromatic heterocycles. The SMILES string of the molecule is NC1C(=O)Nc2cc(N3CCOC4CCCCC43)ccc21. The second-order valence-corrected chi connectivity index (χ2v) is 6.19. The van der Waals surface area contributed by atoms with Crippen molar-refractivity contribution in [3.8, 4) is 0 Å². The molecule has 1 aromatic rings. The summed E-state index contributed by atoms with van der Waals surface area (Å²) in [5.41, 5.74) is 8.81. The first-order chi connectivity index (χ1) is 10.2. The smallest absolute Gasteiger partial charge is 0.245 e. The van der Waals surface area contributed by atoms with E-state index >= 15 is 0 Å². The highest BCUT2D eigenvalue weighted by Gasteiger charge is 2.35. The number of ether oxygens (including phenoxy) is 1. The Morgan fingerprint density at radius 2 is 2.14 bits per heavy atom. The number of hydrogen-bond donors (Lipinski definition) is 2. The number of nitrogens with one attached hydrogen (secondary N) is 1. The molecule has 21 heavy (non-hydrogen) atoms. The van der Waals surface area contributed by atoms with Gasteiger partial charge in [-0.05, 0) is 25.0 Å². The van der Waals surface area contributed by atoms with Crippen LogP contribution in [-0.2, 0) is 9.53 Å². The zero-order chi connectivity index (χ0) is 14.4. The Balaban J connectivity index is 1.64. The Kier molecular flexibility index (Phi) is 3.12. The fourth-order valence-corrected chi connectivity index (χ4v) is 3.87. The van der Waals surface area contributed by atoms with Crippen molar-refractivity contribution in [2.75, 3.05) is 23.4 Å². The van der Waals surface area contributed by atoms with Crippen molar-refractivity contribution >= 4 is 17.3 Å². The standard InChI is InChI=1S/C16H21N3O2/c17-15-11-6-5-10(9-12(11)18-16(15)20)19-7-8-21-14-4-2-1-3-13(14)19/h5-6,9,13-15H,1-4,7-8,17H2,(H,18,20). The number of nitrogens with zero attached hydrogens (tertiary/aromatic N) is 1. The van der Waals surface area contributed by atoms with E-state index in [0.717, 1.165) is 30.8 Å². The van der Waals surface area contributed by atoms with Crippen LogP contribution >= 0.6 is 0 Å². The van der Waals surface area contributed by atoms with Gasteiger partial charge in [0.15, 0.2) is 0 Å². The molecule has 5 heteroatoms. The summed E-state index contributed by atoms with van der Waals surface area (Å²) in [6, 6.07) is 6.09. The molecule has 5 nitrogen and oxygen atoms in total. The number of amides is 1. The van der Waals surface area contributed by atoms with Crippen molar-refractivity contribution in [1.29, 1.82) is 0 Å². The van der Waals surface area contributed by atoms with Crippen LogP contribution in [0.15, 0.2) is 18.2 Å². The van der Waals surface area contributed by atoms with Crippen LogP contribution in [0, 0.1) is 0 Å². The van der Waals surface area contributed by atoms with Gasteiger partial charge in [-0.1, -0.05) is 18.9 Å². The number of hydrogen-bond acceptors (Lipinski definition) is 4. The topological polar surface area (TPSA) is 67.6 Å². The van der Waals surface area contributed by atoms with Crippen LogP contribution in [0.5, 0.6) is 0 Å². The van der Waals surface area contributed by atoms with E-state index < -0.39 is 6.04 Å². The van der Waals surface area contributed by atoms with Crippen molar-refractivity contribution in [3.05, 3.63) is 23.8 Å². The van der Waals surface area contributed by atoms with Crippen molar-refractivity contribution in [3.63, 3.8) is 0 Å². The molecular weight excluding hydrogens is 266 g/mol. The molecule has 1 amide bonds. The van der Waals surface area contributed by atoms with E-state index in [2.05, 4.69) is 22.3 Å². The molecule has 1 saturated carbocycles. The van der Waals surface area contributed by atoms with Gasteiger partial charge in [0, 0.05) is 23.5 Å². The first-order valence-corrected chi connectivity index (χ1v) is 7.83. The fraction of sp³-hybridized carbons (Fsp3) is 0.562. The molecular formula is C16H21N3O2. The van der Waals surface area contributed by atoms with Crippen molar-refractivity contribution in [2.24, 2.45) is 5.73 Å². The number of fused-ring (bicyclic) bond motifs is 2. The molecule has 1 aliphatic carbocycles. The monoisotopic (exact) mass is 287 g/mol. The molecule has 0 bridgehead atoms. The number of rotatable bonds is 1. The molecule has 0 spiro atoms. The lowest BCUT2D eigenvalue weighted by atomic mass is 9.89. The quantitative estimate of drug-likeness (QED) is 0.826. The average molecular weight is 287 g/mol. The number of nitrogens with two attached hydrogens (primary N) is 1. The van der Waals surface area contributed by atoms with E-state index in [4.69, 9.17) is 10.5 Å². The van der Waals surface area contributed by atoms with E-state index in [1.165, 1.54) is 24.9 Å². The predicted octanol–water partition coefficient (Wildman–Crippen LogP) is 1.79. The predicted molar refractivity (Wildman–Crippen MR) is 81.3 cm³/mol. The van der Waals surface area contributed by atoms with Gasteiger partial charge in [0.05, 0.1) is 18.8 Å². The number of benzene rings is 1. The third-order valence-corrected chi connectivity index (χ3v) is 4.98. The van der Waals surface area contributed by atoms with Gasteiger partial charge in [0.25, 0.3) is 0 Å². The van der Waals surface area contributed by atoms with Crippen molar-refractivity contribution < 1.29 is 9.53 Å². The van der Waals surface area contributed by atoms with E-state index in [0.29, 0.717) is 12.1 Å². The normalized spacial score (nSPS) is 31.6. The van der Waals surface area contributed by atoms with Gasteiger partial charge in [-0.2, -0.15) is 0 Å². The summed E-state index contributed by atoms with van der Waals surface area (Å²) in [6.07, 6.45) is 5.25. The molecule has 3 aliphatic rings. The third kappa shape index (κ3) is 2.12. The van der Waals surface area contributed by atoms with Gasteiger partial charge in [-0.15, -0.1) is 0 Å². The lowest BCUT2D eigenvalue weighted by Crippen LogP contribution is -2.52. The molecule has 2 heterocycles. The van der Waals surface area contributed by atoms with Gasteiger partial charge >= 0.3 is 0 Å². The van der Waals surface area contributed by atoms with Crippen LogP contribution in [0.25, 0.3) is 0 Å². The van der Waals surface area contributed by atoms with Crippen LogP contribution in [-0.4, -0.2) is 31.2 Å². The Hall–Kier alpha value is -1.59. The van der Waals surface area contributed by atoms with Crippen molar-refractivity contribution in [1.82, 2.24) is 0 Å². The zero-order valence-electron chi connectivity index (χ0n) is 12.0. The Labute approximate surface area is 124 Å². The molecule has 1 saturated heterocycles. The second kappa shape index (κ2) is 5.00. The van der Waals surface area contributed by atoms with Crippen molar-refractivity contribution in [2.45, 2.75) is 43.9 Å². The summed E-state index contributed by atoms with van der Waals surface area (Å²) in [5, 5.41) is 2.88. The molecule has 1 aromatic carbocycles. The first-order valence-electron chi connectivity index (χ1n) is 7.83. The summed E-state index contributed by atoms with van der Waals surface area (Å²) in [6.45, 7) is 1.70. The number of morpholine rings is 1. The Bertz CT molecular complexity index is 573. The van der Waals surface area contributed by atoms with Gasteiger partial charge in [0.2, 0.25) is 5.91 Å². The largest absolute Gasteiger partial charge is 0.374 e. The molecule has 3 unspecified atom stereocenters. The summed E-state index contributed by atoms with van der Waals surface area (Å²) in [4.78, 5) is 14.1. The highest BCUT2D eigenvalue weighted by atomic mass is 16.5.